The van der Waals surface area contributed by atoms with Crippen molar-refractivity contribution in [2.75, 3.05) is 6.54 Å². The third-order valence-corrected chi connectivity index (χ3v) is 2.97. The molecular formula is C14H19F2NO2. The molecule has 0 saturated heterocycles. The summed E-state index contributed by atoms with van der Waals surface area (Å²) in [5, 5.41) is 12.2. The third kappa shape index (κ3) is 4.28. The lowest BCUT2D eigenvalue weighted by Crippen LogP contribution is -2.33. The number of carbonyl (C=O) groups is 1. The van der Waals surface area contributed by atoms with E-state index in [2.05, 4.69) is 5.32 Å². The molecule has 0 aliphatic rings. The number of hydrogen-bond donors (Lipinski definition) is 2. The molecule has 0 heterocycles. The summed E-state index contributed by atoms with van der Waals surface area (Å²) in [7, 11) is 0. The smallest absolute Gasteiger partial charge is 0.222 e. The molecule has 0 radical (unpaired) electrons. The van der Waals surface area contributed by atoms with Crippen LogP contribution in [0.4, 0.5) is 8.78 Å². The lowest BCUT2D eigenvalue weighted by molar-refractivity contribution is -0.125. The molecule has 0 fully saturated rings. The first-order valence-corrected chi connectivity index (χ1v) is 6.37. The largest absolute Gasteiger partial charge is 0.386 e. The van der Waals surface area contributed by atoms with E-state index >= 15 is 0 Å². The third-order valence-electron chi connectivity index (χ3n) is 2.97. The first-order valence-electron chi connectivity index (χ1n) is 6.37. The number of hydrogen-bond acceptors (Lipinski definition) is 2. The topological polar surface area (TPSA) is 49.3 Å². The first-order chi connectivity index (χ1) is 8.97. The quantitative estimate of drug-likeness (QED) is 0.835. The van der Waals surface area contributed by atoms with E-state index in [1.807, 2.05) is 6.92 Å². The number of amides is 1. The summed E-state index contributed by atoms with van der Waals surface area (Å²) < 4.78 is 26.8. The molecule has 3 nitrogen and oxygen atoms in total. The minimum absolute atomic E-state index is 0.178. The van der Waals surface area contributed by atoms with Crippen LogP contribution in [-0.4, -0.2) is 17.6 Å². The Labute approximate surface area is 111 Å². The Bertz CT molecular complexity index is 417. The maximum absolute atomic E-state index is 13.4. The minimum Gasteiger partial charge on any atom is -0.386 e. The predicted molar refractivity (Wildman–Crippen MR) is 68.4 cm³/mol. The van der Waals surface area contributed by atoms with Gasteiger partial charge in [-0.3, -0.25) is 4.79 Å². The molecule has 0 spiro atoms. The van der Waals surface area contributed by atoms with Crippen LogP contribution < -0.4 is 5.32 Å². The van der Waals surface area contributed by atoms with Crippen LogP contribution >= 0.6 is 0 Å². The van der Waals surface area contributed by atoms with Gasteiger partial charge in [-0.25, -0.2) is 8.78 Å². The van der Waals surface area contributed by atoms with E-state index in [1.165, 1.54) is 6.07 Å². The van der Waals surface area contributed by atoms with Gasteiger partial charge in [-0.1, -0.05) is 26.3 Å². The van der Waals surface area contributed by atoms with Crippen molar-refractivity contribution in [3.8, 4) is 0 Å². The van der Waals surface area contributed by atoms with Crippen molar-refractivity contribution in [1.29, 1.82) is 0 Å². The van der Waals surface area contributed by atoms with Crippen LogP contribution in [0.5, 0.6) is 0 Å². The Morgan fingerprint density at radius 1 is 1.37 bits per heavy atom. The van der Waals surface area contributed by atoms with Crippen molar-refractivity contribution in [2.45, 2.75) is 32.8 Å². The molecule has 2 atom stereocenters. The van der Waals surface area contributed by atoms with E-state index in [-0.39, 0.29) is 18.4 Å². The van der Waals surface area contributed by atoms with E-state index in [4.69, 9.17) is 0 Å². The molecule has 5 heteroatoms. The number of aliphatic hydroxyl groups excluding tert-OH is 1. The van der Waals surface area contributed by atoms with Crippen LogP contribution in [0.1, 0.15) is 38.4 Å². The van der Waals surface area contributed by atoms with Crippen LogP contribution in [0.15, 0.2) is 18.2 Å². The second kappa shape index (κ2) is 7.19. The second-order valence-corrected chi connectivity index (χ2v) is 4.59. The molecule has 1 aromatic rings. The number of nitrogens with one attached hydrogen (secondary N) is 1. The summed E-state index contributed by atoms with van der Waals surface area (Å²) in [4.78, 5) is 11.6. The lowest BCUT2D eigenvalue weighted by atomic mass is 10.0. The monoisotopic (exact) mass is 271 g/mol. The van der Waals surface area contributed by atoms with Crippen molar-refractivity contribution >= 4 is 5.91 Å². The van der Waals surface area contributed by atoms with Gasteiger partial charge < -0.3 is 10.4 Å². The summed E-state index contributed by atoms with van der Waals surface area (Å²) in [6.45, 7) is 3.53. The van der Waals surface area contributed by atoms with Gasteiger partial charge in [0.1, 0.15) is 17.7 Å². The summed E-state index contributed by atoms with van der Waals surface area (Å²) in [5.74, 6) is -2.04. The van der Waals surface area contributed by atoms with Gasteiger partial charge in [0.05, 0.1) is 5.56 Å². The molecule has 0 aliphatic carbocycles. The highest BCUT2D eigenvalue weighted by atomic mass is 19.1. The van der Waals surface area contributed by atoms with Crippen molar-refractivity contribution in [3.05, 3.63) is 35.4 Å². The first kappa shape index (κ1) is 15.6. The van der Waals surface area contributed by atoms with Crippen LogP contribution in [0.3, 0.4) is 0 Å². The molecule has 0 aromatic heterocycles. The lowest BCUT2D eigenvalue weighted by Gasteiger charge is -2.16. The standard InChI is InChI=1S/C14H19F2NO2/c1-3-5-9(2)14(19)17-8-12(18)13-10(15)6-4-7-11(13)16/h4,6-7,9,12,18H,3,5,8H2,1-2H3,(H,17,19). The van der Waals surface area contributed by atoms with E-state index in [0.717, 1.165) is 25.0 Å². The maximum Gasteiger partial charge on any atom is 0.222 e. The summed E-state index contributed by atoms with van der Waals surface area (Å²) in [5.41, 5.74) is -0.411. The van der Waals surface area contributed by atoms with Gasteiger partial charge in [0.2, 0.25) is 5.91 Å². The molecule has 2 unspecified atom stereocenters. The Hall–Kier alpha value is -1.49. The van der Waals surface area contributed by atoms with Gasteiger partial charge in [-0.05, 0) is 18.6 Å². The summed E-state index contributed by atoms with van der Waals surface area (Å²) >= 11 is 0. The minimum atomic E-state index is -1.39. The van der Waals surface area contributed by atoms with E-state index < -0.39 is 23.3 Å². The number of benzene rings is 1. The summed E-state index contributed by atoms with van der Waals surface area (Å²) in [6.07, 6.45) is 0.216. The number of rotatable bonds is 6. The molecule has 0 saturated carbocycles. The van der Waals surface area contributed by atoms with Crippen LogP contribution in [-0.2, 0) is 4.79 Å². The molecular weight excluding hydrogens is 252 g/mol. The zero-order chi connectivity index (χ0) is 14.4. The molecule has 2 N–H and O–H groups in total. The van der Waals surface area contributed by atoms with Crippen molar-refractivity contribution in [1.82, 2.24) is 5.32 Å². The normalized spacial score (nSPS) is 13.9. The second-order valence-electron chi connectivity index (χ2n) is 4.59. The fourth-order valence-corrected chi connectivity index (χ4v) is 1.87. The van der Waals surface area contributed by atoms with E-state index in [9.17, 15) is 18.7 Å². The SMILES string of the molecule is CCCC(C)C(=O)NCC(O)c1c(F)cccc1F. The van der Waals surface area contributed by atoms with Crippen LogP contribution in [0.25, 0.3) is 0 Å². The highest BCUT2D eigenvalue weighted by Crippen LogP contribution is 2.20. The number of aliphatic hydroxyl groups is 1. The highest BCUT2D eigenvalue weighted by molar-refractivity contribution is 5.78. The molecule has 1 amide bonds. The molecule has 19 heavy (non-hydrogen) atoms. The van der Waals surface area contributed by atoms with Gasteiger partial charge >= 0.3 is 0 Å². The van der Waals surface area contributed by atoms with Crippen molar-refractivity contribution < 1.29 is 18.7 Å². The predicted octanol–water partition coefficient (Wildman–Crippen LogP) is 2.55. The average molecular weight is 271 g/mol. The highest BCUT2D eigenvalue weighted by Gasteiger charge is 2.19. The van der Waals surface area contributed by atoms with Crippen LogP contribution in [0, 0.1) is 17.6 Å². The van der Waals surface area contributed by atoms with Crippen molar-refractivity contribution in [2.24, 2.45) is 5.92 Å². The van der Waals surface area contributed by atoms with E-state index in [0.29, 0.717) is 0 Å². The van der Waals surface area contributed by atoms with Gasteiger partial charge in [-0.15, -0.1) is 0 Å². The van der Waals surface area contributed by atoms with Gasteiger partial charge in [0.25, 0.3) is 0 Å². The fourth-order valence-electron chi connectivity index (χ4n) is 1.87. The van der Waals surface area contributed by atoms with Gasteiger partial charge in [-0.2, -0.15) is 0 Å². The Kier molecular flexibility index (Phi) is 5.89. The zero-order valence-electron chi connectivity index (χ0n) is 11.1. The maximum atomic E-state index is 13.4. The Morgan fingerprint density at radius 3 is 2.47 bits per heavy atom. The van der Waals surface area contributed by atoms with Crippen molar-refractivity contribution in [3.63, 3.8) is 0 Å². The van der Waals surface area contributed by atoms with Gasteiger partial charge in [0.15, 0.2) is 0 Å². The number of halogens is 2. The zero-order valence-corrected chi connectivity index (χ0v) is 11.1. The molecule has 1 rings (SSSR count). The average Bonchev–Trinajstić information content (AvgIpc) is 2.36. The molecule has 1 aromatic carbocycles. The number of carbonyl (C=O) groups excluding carboxylic acids is 1. The Balaban J connectivity index is 2.61. The van der Waals surface area contributed by atoms with Gasteiger partial charge in [0, 0.05) is 12.5 Å². The Morgan fingerprint density at radius 2 is 1.95 bits per heavy atom. The van der Waals surface area contributed by atoms with Crippen LogP contribution in [0.2, 0.25) is 0 Å². The summed E-state index contributed by atoms with van der Waals surface area (Å²) in [6, 6.07) is 3.37. The molecule has 106 valence electrons. The molecule has 0 bridgehead atoms. The fraction of sp³-hybridized carbons (Fsp3) is 0.500. The van der Waals surface area contributed by atoms with E-state index in [1.54, 1.807) is 6.92 Å². The molecule has 0 aliphatic heterocycles.